The molecule has 2 aromatic carbocycles. The van der Waals surface area contributed by atoms with Crippen molar-refractivity contribution >= 4 is 23.3 Å². The third-order valence-electron chi connectivity index (χ3n) is 3.99. The second-order valence-corrected chi connectivity index (χ2v) is 6.35. The first kappa shape index (κ1) is 20.3. The molecule has 0 saturated heterocycles. The van der Waals surface area contributed by atoms with E-state index in [2.05, 4.69) is 0 Å². The molecule has 2 rings (SSSR count). The SMILES string of the molecule is Nc1ccc(OC(=O)CCCCCCCC(=O)Oc2ccc(N)cc2)cc1. The van der Waals surface area contributed by atoms with Crippen molar-refractivity contribution in [1.82, 2.24) is 0 Å². The molecule has 0 aliphatic rings. The number of hydrogen-bond acceptors (Lipinski definition) is 6. The van der Waals surface area contributed by atoms with E-state index in [-0.39, 0.29) is 11.9 Å². The van der Waals surface area contributed by atoms with Crippen LogP contribution in [0.4, 0.5) is 11.4 Å². The molecule has 0 aliphatic heterocycles. The van der Waals surface area contributed by atoms with E-state index in [1.54, 1.807) is 48.5 Å². The summed E-state index contributed by atoms with van der Waals surface area (Å²) < 4.78 is 10.5. The Hall–Kier alpha value is -3.02. The summed E-state index contributed by atoms with van der Waals surface area (Å²) in [5.74, 6) is 0.529. The van der Waals surface area contributed by atoms with Crippen LogP contribution in [0.5, 0.6) is 11.5 Å². The van der Waals surface area contributed by atoms with Crippen LogP contribution in [-0.4, -0.2) is 11.9 Å². The molecule has 2 aromatic rings. The Bertz CT molecular complexity index is 663. The van der Waals surface area contributed by atoms with Gasteiger partial charge in [0.2, 0.25) is 0 Å². The largest absolute Gasteiger partial charge is 0.427 e. The molecule has 27 heavy (non-hydrogen) atoms. The van der Waals surface area contributed by atoms with E-state index in [1.165, 1.54) is 0 Å². The third kappa shape index (κ3) is 8.27. The summed E-state index contributed by atoms with van der Waals surface area (Å²) in [6.45, 7) is 0. The van der Waals surface area contributed by atoms with Gasteiger partial charge in [0.05, 0.1) is 0 Å². The van der Waals surface area contributed by atoms with E-state index in [4.69, 9.17) is 20.9 Å². The molecular weight excluding hydrogens is 344 g/mol. The smallest absolute Gasteiger partial charge is 0.311 e. The van der Waals surface area contributed by atoms with Crippen molar-refractivity contribution < 1.29 is 19.1 Å². The van der Waals surface area contributed by atoms with Crippen LogP contribution in [-0.2, 0) is 9.59 Å². The van der Waals surface area contributed by atoms with Gasteiger partial charge >= 0.3 is 11.9 Å². The normalized spacial score (nSPS) is 10.4. The molecule has 0 unspecified atom stereocenters. The molecule has 0 aliphatic carbocycles. The van der Waals surface area contributed by atoms with Crippen molar-refractivity contribution in [3.63, 3.8) is 0 Å². The second kappa shape index (κ2) is 10.9. The maximum atomic E-state index is 11.7. The number of carbonyl (C=O) groups is 2. The summed E-state index contributed by atoms with van der Waals surface area (Å²) in [7, 11) is 0. The summed E-state index contributed by atoms with van der Waals surface area (Å²) in [5, 5.41) is 0. The van der Waals surface area contributed by atoms with Gasteiger partial charge in [-0.25, -0.2) is 0 Å². The van der Waals surface area contributed by atoms with Gasteiger partial charge < -0.3 is 20.9 Å². The highest BCUT2D eigenvalue weighted by atomic mass is 16.5. The van der Waals surface area contributed by atoms with Crippen molar-refractivity contribution in [2.24, 2.45) is 0 Å². The highest BCUT2D eigenvalue weighted by Crippen LogP contribution is 2.16. The van der Waals surface area contributed by atoms with Crippen molar-refractivity contribution in [2.75, 3.05) is 11.5 Å². The standard InChI is InChI=1S/C21H26N2O4/c22-16-8-12-18(13-9-16)26-20(24)6-4-2-1-3-5-7-21(25)27-19-14-10-17(23)11-15-19/h8-15H,1-7,22-23H2. The molecule has 0 fully saturated rings. The molecule has 0 radical (unpaired) electrons. The topological polar surface area (TPSA) is 105 Å². The highest BCUT2D eigenvalue weighted by Gasteiger charge is 2.06. The molecule has 0 spiro atoms. The van der Waals surface area contributed by atoms with Gasteiger partial charge in [0.25, 0.3) is 0 Å². The van der Waals surface area contributed by atoms with E-state index >= 15 is 0 Å². The van der Waals surface area contributed by atoms with Gasteiger partial charge in [-0.2, -0.15) is 0 Å². The fraction of sp³-hybridized carbons (Fsp3) is 0.333. The summed E-state index contributed by atoms with van der Waals surface area (Å²) in [4.78, 5) is 23.5. The molecule has 4 N–H and O–H groups in total. The molecule has 144 valence electrons. The van der Waals surface area contributed by atoms with E-state index < -0.39 is 0 Å². The van der Waals surface area contributed by atoms with Crippen LogP contribution in [0.2, 0.25) is 0 Å². The second-order valence-electron chi connectivity index (χ2n) is 6.35. The van der Waals surface area contributed by atoms with Crippen LogP contribution in [0.15, 0.2) is 48.5 Å². The Morgan fingerprint density at radius 3 is 1.30 bits per heavy atom. The number of nitrogen functional groups attached to an aromatic ring is 2. The molecule has 6 nitrogen and oxygen atoms in total. The van der Waals surface area contributed by atoms with E-state index in [9.17, 15) is 9.59 Å². The molecule has 0 atom stereocenters. The first-order valence-electron chi connectivity index (χ1n) is 9.15. The zero-order valence-electron chi connectivity index (χ0n) is 15.4. The van der Waals surface area contributed by atoms with Crippen LogP contribution in [0.25, 0.3) is 0 Å². The number of hydrogen-bond donors (Lipinski definition) is 2. The van der Waals surface area contributed by atoms with Gasteiger partial charge in [0.1, 0.15) is 11.5 Å². The molecule has 0 bridgehead atoms. The Balaban J connectivity index is 1.49. The van der Waals surface area contributed by atoms with Gasteiger partial charge in [0, 0.05) is 24.2 Å². The van der Waals surface area contributed by atoms with E-state index in [1.807, 2.05) is 0 Å². The van der Waals surface area contributed by atoms with Gasteiger partial charge in [-0.05, 0) is 61.4 Å². The first-order chi connectivity index (χ1) is 13.0. The molecule has 6 heteroatoms. The Morgan fingerprint density at radius 2 is 0.926 bits per heavy atom. The summed E-state index contributed by atoms with van der Waals surface area (Å²) in [6, 6.07) is 13.5. The first-order valence-corrected chi connectivity index (χ1v) is 9.15. The van der Waals surface area contributed by atoms with Crippen molar-refractivity contribution in [2.45, 2.75) is 44.9 Å². The minimum Gasteiger partial charge on any atom is -0.427 e. The summed E-state index contributed by atoms with van der Waals surface area (Å²) in [5.41, 5.74) is 12.4. The lowest BCUT2D eigenvalue weighted by molar-refractivity contribution is -0.135. The van der Waals surface area contributed by atoms with Gasteiger partial charge in [-0.1, -0.05) is 19.3 Å². The number of rotatable bonds is 10. The molecule has 0 amide bonds. The quantitative estimate of drug-likeness (QED) is 0.282. The van der Waals surface area contributed by atoms with Crippen LogP contribution < -0.4 is 20.9 Å². The molecule has 0 saturated carbocycles. The molecule has 0 heterocycles. The minimum absolute atomic E-state index is 0.244. The molecular formula is C21H26N2O4. The Labute approximate surface area is 159 Å². The lowest BCUT2D eigenvalue weighted by Crippen LogP contribution is -2.08. The van der Waals surface area contributed by atoms with Crippen LogP contribution >= 0.6 is 0 Å². The fourth-order valence-corrected chi connectivity index (χ4v) is 2.51. The van der Waals surface area contributed by atoms with Crippen molar-refractivity contribution in [3.05, 3.63) is 48.5 Å². The number of unbranched alkanes of at least 4 members (excludes halogenated alkanes) is 4. The van der Waals surface area contributed by atoms with E-state index in [0.717, 1.165) is 32.1 Å². The van der Waals surface area contributed by atoms with Crippen LogP contribution in [0, 0.1) is 0 Å². The average molecular weight is 370 g/mol. The number of esters is 2. The predicted molar refractivity (Wildman–Crippen MR) is 105 cm³/mol. The van der Waals surface area contributed by atoms with Gasteiger partial charge in [-0.15, -0.1) is 0 Å². The monoisotopic (exact) mass is 370 g/mol. The predicted octanol–water partition coefficient (Wildman–Crippen LogP) is 4.09. The average Bonchev–Trinajstić information content (AvgIpc) is 2.65. The van der Waals surface area contributed by atoms with Crippen molar-refractivity contribution in [1.29, 1.82) is 0 Å². The lowest BCUT2D eigenvalue weighted by atomic mass is 10.1. The maximum Gasteiger partial charge on any atom is 0.311 e. The number of anilines is 2. The van der Waals surface area contributed by atoms with Gasteiger partial charge in [-0.3, -0.25) is 9.59 Å². The number of ether oxygens (including phenoxy) is 2. The van der Waals surface area contributed by atoms with Crippen LogP contribution in [0.1, 0.15) is 44.9 Å². The fourth-order valence-electron chi connectivity index (χ4n) is 2.51. The Kier molecular flexibility index (Phi) is 8.16. The molecule has 0 aromatic heterocycles. The number of benzene rings is 2. The summed E-state index contributed by atoms with van der Waals surface area (Å²) >= 11 is 0. The van der Waals surface area contributed by atoms with Gasteiger partial charge in [0.15, 0.2) is 0 Å². The maximum absolute atomic E-state index is 11.7. The third-order valence-corrected chi connectivity index (χ3v) is 3.99. The van der Waals surface area contributed by atoms with Crippen molar-refractivity contribution in [3.8, 4) is 11.5 Å². The zero-order chi connectivity index (χ0) is 19.5. The zero-order valence-corrected chi connectivity index (χ0v) is 15.4. The Morgan fingerprint density at radius 1 is 0.593 bits per heavy atom. The van der Waals surface area contributed by atoms with E-state index in [0.29, 0.717) is 35.7 Å². The highest BCUT2D eigenvalue weighted by molar-refractivity contribution is 5.73. The number of carbonyl (C=O) groups excluding carboxylic acids is 2. The summed E-state index contributed by atoms with van der Waals surface area (Å²) in [6.07, 6.45) is 5.10. The number of nitrogens with two attached hydrogens (primary N) is 2. The minimum atomic E-state index is -0.244. The van der Waals surface area contributed by atoms with Crippen LogP contribution in [0.3, 0.4) is 0 Å². The lowest BCUT2D eigenvalue weighted by Gasteiger charge is -2.05.